The van der Waals surface area contributed by atoms with Crippen LogP contribution in [0, 0.1) is 0 Å². The lowest BCUT2D eigenvalue weighted by Crippen LogP contribution is -2.48. The Morgan fingerprint density at radius 2 is 2.00 bits per heavy atom. The summed E-state index contributed by atoms with van der Waals surface area (Å²) in [6.07, 6.45) is 1.05. The number of nitrogens with zero attached hydrogens (tertiary/aromatic N) is 2. The summed E-state index contributed by atoms with van der Waals surface area (Å²) in [5, 5.41) is 4.18. The summed E-state index contributed by atoms with van der Waals surface area (Å²) in [7, 11) is 2.15. The molecule has 0 amide bonds. The van der Waals surface area contributed by atoms with Gasteiger partial charge in [-0.2, -0.15) is 0 Å². The van der Waals surface area contributed by atoms with E-state index in [1.165, 1.54) is 5.56 Å². The van der Waals surface area contributed by atoms with Crippen LogP contribution < -0.4 is 5.32 Å². The van der Waals surface area contributed by atoms with Crippen molar-refractivity contribution in [1.82, 2.24) is 9.80 Å². The van der Waals surface area contributed by atoms with Gasteiger partial charge in [-0.25, -0.2) is 0 Å². The van der Waals surface area contributed by atoms with E-state index in [4.69, 9.17) is 12.2 Å². The predicted molar refractivity (Wildman–Crippen MR) is 81.1 cm³/mol. The van der Waals surface area contributed by atoms with Crippen LogP contribution in [0.2, 0.25) is 0 Å². The van der Waals surface area contributed by atoms with Gasteiger partial charge >= 0.3 is 0 Å². The molecule has 1 N–H and O–H groups in total. The van der Waals surface area contributed by atoms with Crippen molar-refractivity contribution in [1.29, 1.82) is 0 Å². The highest BCUT2D eigenvalue weighted by Crippen LogP contribution is 2.12. The normalized spacial score (nSPS) is 16.7. The number of thiocarbonyl (C=S) groups is 1. The second kappa shape index (κ2) is 6.16. The van der Waals surface area contributed by atoms with E-state index >= 15 is 0 Å². The Morgan fingerprint density at radius 1 is 1.28 bits per heavy atom. The van der Waals surface area contributed by atoms with Crippen molar-refractivity contribution in [3.63, 3.8) is 0 Å². The molecule has 1 aromatic rings. The molecule has 0 bridgehead atoms. The molecule has 0 aromatic heterocycles. The summed E-state index contributed by atoms with van der Waals surface area (Å²) in [5.41, 5.74) is 2.43. The topological polar surface area (TPSA) is 18.5 Å². The van der Waals surface area contributed by atoms with Gasteiger partial charge in [-0.15, -0.1) is 0 Å². The van der Waals surface area contributed by atoms with Gasteiger partial charge in [-0.3, -0.25) is 0 Å². The van der Waals surface area contributed by atoms with Crippen molar-refractivity contribution in [2.45, 2.75) is 13.3 Å². The number of nitrogens with one attached hydrogen (secondary N) is 1. The third-order valence-corrected chi connectivity index (χ3v) is 3.74. The Balaban J connectivity index is 1.94. The molecule has 1 fully saturated rings. The van der Waals surface area contributed by atoms with Gasteiger partial charge in [0.15, 0.2) is 5.11 Å². The lowest BCUT2D eigenvalue weighted by molar-refractivity contribution is 0.217. The Labute approximate surface area is 115 Å². The van der Waals surface area contributed by atoms with Gasteiger partial charge in [0.2, 0.25) is 0 Å². The minimum Gasteiger partial charge on any atom is -0.346 e. The molecule has 0 radical (unpaired) electrons. The van der Waals surface area contributed by atoms with Crippen molar-refractivity contribution in [2.75, 3.05) is 38.5 Å². The van der Waals surface area contributed by atoms with Crippen LogP contribution in [0.1, 0.15) is 12.5 Å². The summed E-state index contributed by atoms with van der Waals surface area (Å²) >= 11 is 5.47. The SMILES string of the molecule is CCc1cccc(NC(=S)N2CCN(C)CC2)c1. The number of rotatable bonds is 2. The highest BCUT2D eigenvalue weighted by molar-refractivity contribution is 7.80. The van der Waals surface area contributed by atoms with E-state index < -0.39 is 0 Å². The molecule has 1 aromatic carbocycles. The number of anilines is 1. The molecule has 0 spiro atoms. The van der Waals surface area contributed by atoms with E-state index in [1.54, 1.807) is 0 Å². The summed E-state index contributed by atoms with van der Waals surface area (Å²) < 4.78 is 0. The number of likely N-dealkylation sites (N-methyl/N-ethyl adjacent to an activating group) is 1. The molecule has 18 heavy (non-hydrogen) atoms. The molecular weight excluding hydrogens is 242 g/mol. The van der Waals surface area contributed by atoms with Crippen LogP contribution in [-0.2, 0) is 6.42 Å². The average molecular weight is 263 g/mol. The van der Waals surface area contributed by atoms with Crippen molar-refractivity contribution >= 4 is 23.0 Å². The fraction of sp³-hybridized carbons (Fsp3) is 0.500. The number of aryl methyl sites for hydroxylation is 1. The Bertz CT molecular complexity index is 411. The highest BCUT2D eigenvalue weighted by atomic mass is 32.1. The Kier molecular flexibility index (Phi) is 4.55. The smallest absolute Gasteiger partial charge is 0.173 e. The molecule has 0 unspecified atom stereocenters. The van der Waals surface area contributed by atoms with E-state index in [1.807, 2.05) is 0 Å². The van der Waals surface area contributed by atoms with E-state index in [0.29, 0.717) is 0 Å². The van der Waals surface area contributed by atoms with Crippen LogP contribution in [0.25, 0.3) is 0 Å². The molecule has 4 heteroatoms. The summed E-state index contributed by atoms with van der Waals surface area (Å²) in [6, 6.07) is 8.46. The fourth-order valence-corrected chi connectivity index (χ4v) is 2.38. The molecule has 1 heterocycles. The van der Waals surface area contributed by atoms with Crippen molar-refractivity contribution in [3.05, 3.63) is 29.8 Å². The molecule has 1 aliphatic heterocycles. The van der Waals surface area contributed by atoms with Gasteiger partial charge in [0.1, 0.15) is 0 Å². The standard InChI is InChI=1S/C14H21N3S/c1-3-12-5-4-6-13(11-12)15-14(18)17-9-7-16(2)8-10-17/h4-6,11H,3,7-10H2,1-2H3,(H,15,18). The predicted octanol–water partition coefficient (Wildman–Crippen LogP) is 2.19. The lowest BCUT2D eigenvalue weighted by Gasteiger charge is -2.34. The number of piperazine rings is 1. The first-order chi connectivity index (χ1) is 8.69. The van der Waals surface area contributed by atoms with Gasteiger partial charge in [-0.05, 0) is 43.4 Å². The highest BCUT2D eigenvalue weighted by Gasteiger charge is 2.16. The van der Waals surface area contributed by atoms with Crippen molar-refractivity contribution in [2.24, 2.45) is 0 Å². The van der Waals surface area contributed by atoms with E-state index in [-0.39, 0.29) is 0 Å². The van der Waals surface area contributed by atoms with Gasteiger partial charge in [-0.1, -0.05) is 19.1 Å². The van der Waals surface area contributed by atoms with Crippen LogP contribution >= 0.6 is 12.2 Å². The first-order valence-corrected chi connectivity index (χ1v) is 6.93. The molecule has 98 valence electrons. The third-order valence-electron chi connectivity index (χ3n) is 3.38. The molecule has 1 saturated heterocycles. The Morgan fingerprint density at radius 3 is 2.67 bits per heavy atom. The molecule has 1 aliphatic rings. The molecule has 0 saturated carbocycles. The van der Waals surface area contributed by atoms with Gasteiger partial charge in [0.25, 0.3) is 0 Å². The molecule has 0 atom stereocenters. The lowest BCUT2D eigenvalue weighted by atomic mass is 10.1. The third kappa shape index (κ3) is 3.43. The van der Waals surface area contributed by atoms with Crippen LogP contribution in [0.3, 0.4) is 0 Å². The van der Waals surface area contributed by atoms with Gasteiger partial charge in [0.05, 0.1) is 0 Å². The largest absolute Gasteiger partial charge is 0.346 e. The molecule has 0 aliphatic carbocycles. The quantitative estimate of drug-likeness (QED) is 0.824. The number of hydrogen-bond donors (Lipinski definition) is 1. The minimum atomic E-state index is 0.844. The second-order valence-electron chi connectivity index (χ2n) is 4.77. The average Bonchev–Trinajstić information content (AvgIpc) is 2.39. The number of benzene rings is 1. The van der Waals surface area contributed by atoms with Crippen molar-refractivity contribution < 1.29 is 0 Å². The van der Waals surface area contributed by atoms with Crippen LogP contribution in [0.15, 0.2) is 24.3 Å². The number of hydrogen-bond acceptors (Lipinski definition) is 2. The zero-order valence-electron chi connectivity index (χ0n) is 11.1. The maximum atomic E-state index is 5.47. The maximum Gasteiger partial charge on any atom is 0.173 e. The molecular formula is C14H21N3S. The van der Waals surface area contributed by atoms with Crippen LogP contribution in [-0.4, -0.2) is 48.1 Å². The Hall–Kier alpha value is -1.13. The molecule has 3 nitrogen and oxygen atoms in total. The second-order valence-corrected chi connectivity index (χ2v) is 5.16. The zero-order valence-corrected chi connectivity index (χ0v) is 12.0. The monoisotopic (exact) mass is 263 g/mol. The molecule has 2 rings (SSSR count). The zero-order chi connectivity index (χ0) is 13.0. The first kappa shape index (κ1) is 13.3. The van der Waals surface area contributed by atoms with Crippen LogP contribution in [0.5, 0.6) is 0 Å². The maximum absolute atomic E-state index is 5.47. The van der Waals surface area contributed by atoms with E-state index in [0.717, 1.165) is 43.4 Å². The fourth-order valence-electron chi connectivity index (χ4n) is 2.08. The van der Waals surface area contributed by atoms with Crippen molar-refractivity contribution in [3.8, 4) is 0 Å². The first-order valence-electron chi connectivity index (χ1n) is 6.52. The van der Waals surface area contributed by atoms with Crippen LogP contribution in [0.4, 0.5) is 5.69 Å². The van der Waals surface area contributed by atoms with E-state index in [2.05, 4.69) is 53.4 Å². The van der Waals surface area contributed by atoms with Gasteiger partial charge < -0.3 is 15.1 Å². The summed E-state index contributed by atoms with van der Waals surface area (Å²) in [6.45, 7) is 6.34. The minimum absolute atomic E-state index is 0.844. The van der Waals surface area contributed by atoms with E-state index in [9.17, 15) is 0 Å². The summed E-state index contributed by atoms with van der Waals surface area (Å²) in [5.74, 6) is 0. The summed E-state index contributed by atoms with van der Waals surface area (Å²) in [4.78, 5) is 4.57. The van der Waals surface area contributed by atoms with Gasteiger partial charge in [0, 0.05) is 31.9 Å².